The smallest absolute Gasteiger partial charge is 0.338 e. The Morgan fingerprint density at radius 3 is 2.50 bits per heavy atom. The second-order valence-corrected chi connectivity index (χ2v) is 4.27. The standard InChI is InChI=1S/C9H10O6S/c1-2-15-9(11)6-3-4-8(7(10)5-6)16(12,13)14/h3-5,10H,2H2,1H3,(H,12,13,14). The Morgan fingerprint density at radius 1 is 1.44 bits per heavy atom. The molecular weight excluding hydrogens is 236 g/mol. The molecule has 0 aliphatic carbocycles. The molecule has 0 aromatic heterocycles. The lowest BCUT2D eigenvalue weighted by atomic mass is 10.2. The zero-order valence-corrected chi connectivity index (χ0v) is 9.19. The monoisotopic (exact) mass is 246 g/mol. The van der Waals surface area contributed by atoms with Crippen LogP contribution in [0.4, 0.5) is 0 Å². The fourth-order valence-electron chi connectivity index (χ4n) is 1.08. The lowest BCUT2D eigenvalue weighted by molar-refractivity contribution is 0.0525. The van der Waals surface area contributed by atoms with Crippen LogP contribution in [-0.2, 0) is 14.9 Å². The Labute approximate surface area is 92.2 Å². The number of phenolic OH excluding ortho intramolecular Hbond substituents is 1. The minimum Gasteiger partial charge on any atom is -0.506 e. The highest BCUT2D eigenvalue weighted by atomic mass is 32.2. The highest BCUT2D eigenvalue weighted by Crippen LogP contribution is 2.23. The molecule has 0 aliphatic rings. The van der Waals surface area contributed by atoms with E-state index in [-0.39, 0.29) is 12.2 Å². The van der Waals surface area contributed by atoms with E-state index in [0.717, 1.165) is 18.2 Å². The first-order valence-corrected chi connectivity index (χ1v) is 5.78. The molecule has 0 aliphatic heterocycles. The maximum absolute atomic E-state index is 11.2. The molecule has 0 fully saturated rings. The molecule has 88 valence electrons. The number of phenols is 1. The lowest BCUT2D eigenvalue weighted by Crippen LogP contribution is -2.06. The van der Waals surface area contributed by atoms with Crippen LogP contribution in [0.3, 0.4) is 0 Å². The van der Waals surface area contributed by atoms with Gasteiger partial charge >= 0.3 is 5.97 Å². The van der Waals surface area contributed by atoms with E-state index < -0.39 is 26.7 Å². The molecule has 0 atom stereocenters. The number of esters is 1. The number of carbonyl (C=O) groups excluding carboxylic acids is 1. The zero-order chi connectivity index (χ0) is 12.3. The Bertz CT molecular complexity index is 505. The summed E-state index contributed by atoms with van der Waals surface area (Å²) in [5.41, 5.74) is 0.00625. The number of rotatable bonds is 3. The van der Waals surface area contributed by atoms with Crippen LogP contribution in [0.1, 0.15) is 17.3 Å². The lowest BCUT2D eigenvalue weighted by Gasteiger charge is -2.04. The average Bonchev–Trinajstić information content (AvgIpc) is 2.16. The summed E-state index contributed by atoms with van der Waals surface area (Å²) in [6.45, 7) is 1.78. The summed E-state index contributed by atoms with van der Waals surface area (Å²) in [6, 6.07) is 2.98. The fourth-order valence-corrected chi connectivity index (χ4v) is 1.64. The third-order valence-corrected chi connectivity index (χ3v) is 2.65. The molecule has 16 heavy (non-hydrogen) atoms. The third-order valence-electron chi connectivity index (χ3n) is 1.75. The summed E-state index contributed by atoms with van der Waals surface area (Å²) < 4.78 is 34.8. The van der Waals surface area contributed by atoms with Gasteiger partial charge in [0.2, 0.25) is 0 Å². The minimum absolute atomic E-state index is 0.00625. The Morgan fingerprint density at radius 2 is 2.06 bits per heavy atom. The highest BCUT2D eigenvalue weighted by molar-refractivity contribution is 7.86. The number of aromatic hydroxyl groups is 1. The van der Waals surface area contributed by atoms with Crippen molar-refractivity contribution >= 4 is 16.1 Å². The van der Waals surface area contributed by atoms with Gasteiger partial charge in [-0.2, -0.15) is 8.42 Å². The van der Waals surface area contributed by atoms with E-state index in [1.165, 1.54) is 0 Å². The summed E-state index contributed by atoms with van der Waals surface area (Å²) >= 11 is 0. The van der Waals surface area contributed by atoms with Gasteiger partial charge in [0.1, 0.15) is 10.6 Å². The molecule has 0 bridgehead atoms. The summed E-state index contributed by atoms with van der Waals surface area (Å²) in [4.78, 5) is 10.6. The van der Waals surface area contributed by atoms with Gasteiger partial charge in [0.15, 0.2) is 0 Å². The SMILES string of the molecule is CCOC(=O)c1ccc(S(=O)(=O)O)c(O)c1. The molecule has 0 heterocycles. The highest BCUT2D eigenvalue weighted by Gasteiger charge is 2.17. The maximum atomic E-state index is 11.2. The van der Waals surface area contributed by atoms with Crippen molar-refractivity contribution in [2.75, 3.05) is 6.61 Å². The molecule has 1 aromatic rings. The number of benzene rings is 1. The van der Waals surface area contributed by atoms with Crippen molar-refractivity contribution in [2.45, 2.75) is 11.8 Å². The quantitative estimate of drug-likeness (QED) is 0.604. The number of carbonyl (C=O) groups is 1. The van der Waals surface area contributed by atoms with E-state index >= 15 is 0 Å². The van der Waals surface area contributed by atoms with Crippen LogP contribution in [0.15, 0.2) is 23.1 Å². The van der Waals surface area contributed by atoms with Crippen molar-refractivity contribution in [3.8, 4) is 5.75 Å². The van der Waals surface area contributed by atoms with Gasteiger partial charge in [-0.15, -0.1) is 0 Å². The molecule has 1 aromatic carbocycles. The van der Waals surface area contributed by atoms with Gasteiger partial charge in [-0.3, -0.25) is 4.55 Å². The van der Waals surface area contributed by atoms with Crippen molar-refractivity contribution in [3.63, 3.8) is 0 Å². The summed E-state index contributed by atoms with van der Waals surface area (Å²) in [6.07, 6.45) is 0. The fraction of sp³-hybridized carbons (Fsp3) is 0.222. The van der Waals surface area contributed by atoms with E-state index in [9.17, 15) is 18.3 Å². The number of hydrogen-bond donors (Lipinski definition) is 2. The Kier molecular flexibility index (Phi) is 3.51. The summed E-state index contributed by atoms with van der Waals surface area (Å²) in [7, 11) is -4.49. The van der Waals surface area contributed by atoms with E-state index in [1.54, 1.807) is 6.92 Å². The van der Waals surface area contributed by atoms with Crippen LogP contribution in [0.25, 0.3) is 0 Å². The van der Waals surface area contributed by atoms with Crippen LogP contribution >= 0.6 is 0 Å². The molecule has 0 radical (unpaired) electrons. The topological polar surface area (TPSA) is 101 Å². The van der Waals surface area contributed by atoms with Gasteiger partial charge in [-0.05, 0) is 25.1 Å². The average molecular weight is 246 g/mol. The van der Waals surface area contributed by atoms with Crippen molar-refractivity contribution in [2.24, 2.45) is 0 Å². The molecule has 0 amide bonds. The van der Waals surface area contributed by atoms with E-state index in [4.69, 9.17) is 4.55 Å². The van der Waals surface area contributed by atoms with Gasteiger partial charge in [0.25, 0.3) is 10.1 Å². The van der Waals surface area contributed by atoms with Gasteiger partial charge < -0.3 is 9.84 Å². The molecule has 0 unspecified atom stereocenters. The van der Waals surface area contributed by atoms with E-state index in [2.05, 4.69) is 4.74 Å². The van der Waals surface area contributed by atoms with Crippen molar-refractivity contribution in [3.05, 3.63) is 23.8 Å². The van der Waals surface area contributed by atoms with E-state index in [0.29, 0.717) is 0 Å². The van der Waals surface area contributed by atoms with Crippen LogP contribution in [-0.4, -0.2) is 30.7 Å². The van der Waals surface area contributed by atoms with Gasteiger partial charge in [-0.1, -0.05) is 0 Å². The molecule has 0 spiro atoms. The Hall–Kier alpha value is -1.60. The number of ether oxygens (including phenoxy) is 1. The molecule has 2 N–H and O–H groups in total. The van der Waals surface area contributed by atoms with Crippen LogP contribution in [0.5, 0.6) is 5.75 Å². The largest absolute Gasteiger partial charge is 0.506 e. The predicted molar refractivity (Wildman–Crippen MR) is 53.9 cm³/mol. The van der Waals surface area contributed by atoms with Crippen molar-refractivity contribution in [1.82, 2.24) is 0 Å². The number of hydrogen-bond acceptors (Lipinski definition) is 5. The third kappa shape index (κ3) is 2.71. The zero-order valence-electron chi connectivity index (χ0n) is 8.37. The van der Waals surface area contributed by atoms with Crippen LogP contribution < -0.4 is 0 Å². The molecule has 7 heteroatoms. The van der Waals surface area contributed by atoms with Crippen LogP contribution in [0, 0.1) is 0 Å². The normalized spacial score (nSPS) is 11.1. The van der Waals surface area contributed by atoms with Gasteiger partial charge in [0.05, 0.1) is 12.2 Å². The first kappa shape index (κ1) is 12.5. The minimum atomic E-state index is -4.49. The van der Waals surface area contributed by atoms with E-state index in [1.807, 2.05) is 0 Å². The molecule has 1 rings (SSSR count). The molecular formula is C9H10O6S. The van der Waals surface area contributed by atoms with Crippen molar-refractivity contribution < 1.29 is 27.6 Å². The van der Waals surface area contributed by atoms with Crippen molar-refractivity contribution in [1.29, 1.82) is 0 Å². The van der Waals surface area contributed by atoms with Gasteiger partial charge in [-0.25, -0.2) is 4.79 Å². The van der Waals surface area contributed by atoms with Gasteiger partial charge in [0, 0.05) is 0 Å². The molecule has 6 nitrogen and oxygen atoms in total. The summed E-state index contributed by atoms with van der Waals surface area (Å²) in [5.74, 6) is -1.38. The second kappa shape index (κ2) is 4.50. The predicted octanol–water partition coefficient (Wildman–Crippen LogP) is 0.816. The maximum Gasteiger partial charge on any atom is 0.338 e. The molecule has 0 saturated carbocycles. The second-order valence-electron chi connectivity index (χ2n) is 2.88. The Balaban J connectivity index is 3.14. The molecule has 0 saturated heterocycles. The first-order valence-electron chi connectivity index (χ1n) is 4.34. The van der Waals surface area contributed by atoms with Crippen LogP contribution in [0.2, 0.25) is 0 Å². The summed E-state index contributed by atoms with van der Waals surface area (Å²) in [5, 5.41) is 9.30. The first-order chi connectivity index (χ1) is 7.36.